The summed E-state index contributed by atoms with van der Waals surface area (Å²) in [6.07, 6.45) is 3.13. The van der Waals surface area contributed by atoms with Crippen LogP contribution in [0.25, 0.3) is 22.4 Å². The van der Waals surface area contributed by atoms with Crippen LogP contribution in [0.3, 0.4) is 0 Å². The largest absolute Gasteiger partial charge is 0.192 e. The van der Waals surface area contributed by atoms with Crippen LogP contribution in [0.2, 0.25) is 0 Å². The molecule has 0 aliphatic heterocycles. The number of hydrogen-bond donors (Lipinski definition) is 0. The lowest BCUT2D eigenvalue weighted by molar-refractivity contribution is 0.982. The van der Waals surface area contributed by atoms with Crippen LogP contribution in [0.5, 0.6) is 0 Å². The molecule has 1 aromatic heterocycles. The number of aromatic nitrogens is 1. The second-order valence-electron chi connectivity index (χ2n) is 6.05. The molecule has 128 valence electrons. The molecule has 3 nitrogen and oxygen atoms in total. The summed E-state index contributed by atoms with van der Waals surface area (Å²) in [4.78, 5) is 10.6. The van der Waals surface area contributed by atoms with Gasteiger partial charge in [-0.05, 0) is 82.5 Å². The zero-order valence-corrected chi connectivity index (χ0v) is 15.7. The van der Waals surface area contributed by atoms with E-state index in [4.69, 9.17) is 0 Å². The number of nitroso groups, excluding NO2 is 1. The van der Waals surface area contributed by atoms with Crippen molar-refractivity contribution >= 4 is 17.2 Å². The molecule has 0 N–H and O–H groups in total. The van der Waals surface area contributed by atoms with Crippen molar-refractivity contribution in [3.63, 3.8) is 0 Å². The summed E-state index contributed by atoms with van der Waals surface area (Å²) in [5.74, 6) is 0. The van der Waals surface area contributed by atoms with Crippen molar-refractivity contribution in [1.29, 1.82) is 0 Å². The SMILES string of the molecule is CCc1cc(-c2nscc2-c2ccc(N=O)cc2)cc(CC)c1CC. The Bertz CT molecular complexity index is 856. The summed E-state index contributed by atoms with van der Waals surface area (Å²) < 4.78 is 4.67. The van der Waals surface area contributed by atoms with E-state index in [1.807, 2.05) is 12.1 Å². The van der Waals surface area contributed by atoms with Crippen LogP contribution in [-0.4, -0.2) is 4.37 Å². The minimum atomic E-state index is 0.447. The quantitative estimate of drug-likeness (QED) is 0.472. The molecule has 3 aromatic rings. The molecule has 0 bridgehead atoms. The number of aryl methyl sites for hydroxylation is 2. The van der Waals surface area contributed by atoms with Crippen LogP contribution in [0, 0.1) is 4.91 Å². The molecule has 0 radical (unpaired) electrons. The van der Waals surface area contributed by atoms with E-state index in [9.17, 15) is 4.91 Å². The molecule has 0 aliphatic carbocycles. The Kier molecular flexibility index (Phi) is 5.39. The van der Waals surface area contributed by atoms with Crippen LogP contribution in [0.15, 0.2) is 47.0 Å². The van der Waals surface area contributed by atoms with Gasteiger partial charge in [0.2, 0.25) is 0 Å². The summed E-state index contributed by atoms with van der Waals surface area (Å²) in [6, 6.07) is 11.9. The van der Waals surface area contributed by atoms with Gasteiger partial charge in [0, 0.05) is 16.5 Å². The first-order valence-corrected chi connectivity index (χ1v) is 9.58. The molecule has 25 heavy (non-hydrogen) atoms. The van der Waals surface area contributed by atoms with Gasteiger partial charge in [0.05, 0.1) is 5.69 Å². The van der Waals surface area contributed by atoms with Gasteiger partial charge in [-0.3, -0.25) is 0 Å². The predicted molar refractivity (Wildman–Crippen MR) is 107 cm³/mol. The molecular weight excluding hydrogens is 328 g/mol. The average molecular weight is 350 g/mol. The van der Waals surface area contributed by atoms with Gasteiger partial charge in [0.25, 0.3) is 0 Å². The molecule has 0 amide bonds. The third kappa shape index (κ3) is 3.40. The lowest BCUT2D eigenvalue weighted by Crippen LogP contribution is -1.99. The van der Waals surface area contributed by atoms with Crippen molar-refractivity contribution < 1.29 is 0 Å². The van der Waals surface area contributed by atoms with Crippen molar-refractivity contribution in [2.24, 2.45) is 5.18 Å². The highest BCUT2D eigenvalue weighted by atomic mass is 32.1. The fourth-order valence-electron chi connectivity index (χ4n) is 3.37. The number of hydrogen-bond acceptors (Lipinski definition) is 4. The number of benzene rings is 2. The lowest BCUT2D eigenvalue weighted by atomic mass is 9.91. The number of nitrogens with zero attached hydrogens (tertiary/aromatic N) is 2. The highest BCUT2D eigenvalue weighted by molar-refractivity contribution is 7.04. The van der Waals surface area contributed by atoms with E-state index in [-0.39, 0.29) is 0 Å². The van der Waals surface area contributed by atoms with Gasteiger partial charge >= 0.3 is 0 Å². The minimum Gasteiger partial charge on any atom is -0.192 e. The summed E-state index contributed by atoms with van der Waals surface area (Å²) in [6.45, 7) is 6.65. The molecular formula is C21H22N2OS. The van der Waals surface area contributed by atoms with Crippen molar-refractivity contribution in [2.45, 2.75) is 40.0 Å². The van der Waals surface area contributed by atoms with E-state index in [0.717, 1.165) is 36.1 Å². The van der Waals surface area contributed by atoms with Crippen molar-refractivity contribution in [3.8, 4) is 22.4 Å². The smallest absolute Gasteiger partial charge is 0.108 e. The molecule has 2 aromatic carbocycles. The van der Waals surface area contributed by atoms with Crippen molar-refractivity contribution in [1.82, 2.24) is 4.37 Å². The third-order valence-electron chi connectivity index (χ3n) is 4.68. The van der Waals surface area contributed by atoms with E-state index in [2.05, 4.69) is 47.8 Å². The van der Waals surface area contributed by atoms with Gasteiger partial charge in [-0.25, -0.2) is 0 Å². The average Bonchev–Trinajstić information content (AvgIpc) is 3.16. The summed E-state index contributed by atoms with van der Waals surface area (Å²) in [5.41, 5.74) is 9.12. The maximum atomic E-state index is 10.6. The Hall–Kier alpha value is -2.33. The van der Waals surface area contributed by atoms with Crippen LogP contribution in [0.1, 0.15) is 37.5 Å². The maximum Gasteiger partial charge on any atom is 0.108 e. The highest BCUT2D eigenvalue weighted by Gasteiger charge is 2.14. The Labute approximate surface area is 152 Å². The number of rotatable bonds is 6. The van der Waals surface area contributed by atoms with Gasteiger partial charge in [-0.2, -0.15) is 4.37 Å². The fraction of sp³-hybridized carbons (Fsp3) is 0.286. The maximum absolute atomic E-state index is 10.6. The third-order valence-corrected chi connectivity index (χ3v) is 5.31. The molecule has 4 heteroatoms. The van der Waals surface area contributed by atoms with Gasteiger partial charge < -0.3 is 0 Å². The second kappa shape index (κ2) is 7.70. The predicted octanol–water partition coefficient (Wildman–Crippen LogP) is 6.56. The van der Waals surface area contributed by atoms with Crippen molar-refractivity contribution in [2.75, 3.05) is 0 Å². The zero-order chi connectivity index (χ0) is 17.8. The molecule has 0 fully saturated rings. The first-order chi connectivity index (χ1) is 12.2. The van der Waals surface area contributed by atoms with Crippen molar-refractivity contribution in [3.05, 3.63) is 63.4 Å². The highest BCUT2D eigenvalue weighted by Crippen LogP contribution is 2.35. The molecule has 1 heterocycles. The van der Waals surface area contributed by atoms with Gasteiger partial charge in [-0.15, -0.1) is 4.91 Å². The molecule has 0 spiro atoms. The van der Waals surface area contributed by atoms with Crippen LogP contribution < -0.4 is 0 Å². The van der Waals surface area contributed by atoms with E-state index >= 15 is 0 Å². The Balaban J connectivity index is 2.11. The topological polar surface area (TPSA) is 42.3 Å². The molecule has 0 saturated carbocycles. The summed E-state index contributed by atoms with van der Waals surface area (Å²) in [7, 11) is 0. The van der Waals surface area contributed by atoms with Gasteiger partial charge in [0.1, 0.15) is 5.69 Å². The first-order valence-electron chi connectivity index (χ1n) is 8.74. The second-order valence-corrected chi connectivity index (χ2v) is 6.68. The van der Waals surface area contributed by atoms with Crippen LogP contribution in [-0.2, 0) is 19.3 Å². The molecule has 0 atom stereocenters. The lowest BCUT2D eigenvalue weighted by Gasteiger charge is -2.14. The van der Waals surface area contributed by atoms with E-state index in [1.54, 1.807) is 12.1 Å². The normalized spacial score (nSPS) is 10.8. The molecule has 3 rings (SSSR count). The van der Waals surface area contributed by atoms with E-state index in [1.165, 1.54) is 33.8 Å². The molecule has 0 unspecified atom stereocenters. The first kappa shape index (κ1) is 17.5. The Morgan fingerprint density at radius 1 is 0.920 bits per heavy atom. The van der Waals surface area contributed by atoms with Gasteiger partial charge in [0.15, 0.2) is 0 Å². The summed E-state index contributed by atoms with van der Waals surface area (Å²) >= 11 is 1.47. The van der Waals surface area contributed by atoms with E-state index in [0.29, 0.717) is 5.69 Å². The Morgan fingerprint density at radius 2 is 1.56 bits per heavy atom. The standard InChI is InChI=1S/C21H22N2OS/c1-4-14-11-17(12-15(5-2)19(14)6-3)21-20(13-25-23-21)16-7-9-18(22-24)10-8-16/h7-13H,4-6H2,1-3H3. The molecule has 0 saturated heterocycles. The van der Waals surface area contributed by atoms with Crippen LogP contribution >= 0.6 is 11.5 Å². The molecule has 0 aliphatic rings. The van der Waals surface area contributed by atoms with E-state index < -0.39 is 0 Å². The summed E-state index contributed by atoms with van der Waals surface area (Å²) in [5, 5.41) is 5.05. The fourth-order valence-corrected chi connectivity index (χ4v) is 4.09. The monoisotopic (exact) mass is 350 g/mol. The van der Waals surface area contributed by atoms with Crippen LogP contribution in [0.4, 0.5) is 5.69 Å². The Morgan fingerprint density at radius 3 is 2.08 bits per heavy atom. The van der Waals surface area contributed by atoms with Gasteiger partial charge in [-0.1, -0.05) is 32.9 Å². The zero-order valence-electron chi connectivity index (χ0n) is 14.9. The minimum absolute atomic E-state index is 0.447.